The molecule has 1 heterocycles. The Bertz CT molecular complexity index is 459. The van der Waals surface area contributed by atoms with Crippen molar-refractivity contribution in [3.8, 4) is 0 Å². The van der Waals surface area contributed by atoms with E-state index in [1.165, 1.54) is 24.8 Å². The quantitative estimate of drug-likeness (QED) is 0.874. The number of nitrogens with zero attached hydrogens (tertiary/aromatic N) is 1. The molecule has 0 saturated heterocycles. The Hall–Kier alpha value is -0.930. The van der Waals surface area contributed by atoms with Crippen LogP contribution in [0.4, 0.5) is 0 Å². The largest absolute Gasteiger partial charge is 0.390 e. The first-order chi connectivity index (χ1) is 9.15. The van der Waals surface area contributed by atoms with Crippen molar-refractivity contribution in [2.45, 2.75) is 56.2 Å². The Morgan fingerprint density at radius 1 is 1.16 bits per heavy atom. The van der Waals surface area contributed by atoms with Crippen molar-refractivity contribution >= 4 is 0 Å². The molecule has 2 unspecified atom stereocenters. The number of rotatable bonds is 3. The van der Waals surface area contributed by atoms with Crippen molar-refractivity contribution in [2.24, 2.45) is 11.8 Å². The molecule has 0 amide bonds. The average Bonchev–Trinajstić information content (AvgIpc) is 2.35. The number of aromatic nitrogens is 1. The van der Waals surface area contributed by atoms with Gasteiger partial charge in [0.2, 0.25) is 0 Å². The van der Waals surface area contributed by atoms with Crippen LogP contribution in [0.5, 0.6) is 0 Å². The van der Waals surface area contributed by atoms with E-state index in [0.717, 1.165) is 37.6 Å². The first kappa shape index (κ1) is 11.9. The monoisotopic (exact) mass is 258 g/mol. The predicted octanol–water partition coefficient (Wildman–Crippen LogP) is 2.25. The second-order valence-electron chi connectivity index (χ2n) is 7.17. The van der Waals surface area contributed by atoms with Crippen LogP contribution in [-0.4, -0.2) is 21.2 Å². The molecule has 102 valence electrons. The summed E-state index contributed by atoms with van der Waals surface area (Å²) in [6.45, 7) is 0.901. The predicted molar refractivity (Wildman–Crippen MR) is 73.4 cm³/mol. The number of nitrogens with one attached hydrogen (secondary N) is 1. The molecular weight excluding hydrogens is 236 g/mol. The van der Waals surface area contributed by atoms with E-state index in [2.05, 4.69) is 22.4 Å². The minimum atomic E-state index is -0.366. The molecule has 2 atom stereocenters. The van der Waals surface area contributed by atoms with Crippen LogP contribution in [0.1, 0.15) is 44.1 Å². The summed E-state index contributed by atoms with van der Waals surface area (Å²) in [7, 11) is 0. The van der Waals surface area contributed by atoms with Crippen LogP contribution in [0.25, 0.3) is 0 Å². The van der Waals surface area contributed by atoms with Crippen LogP contribution in [0.3, 0.4) is 0 Å². The Morgan fingerprint density at radius 3 is 2.47 bits per heavy atom. The van der Waals surface area contributed by atoms with Crippen LogP contribution in [-0.2, 0) is 6.54 Å². The normalized spacial score (nSPS) is 43.6. The Morgan fingerprint density at radius 2 is 1.84 bits per heavy atom. The molecule has 2 N–H and O–H groups in total. The van der Waals surface area contributed by atoms with Crippen LogP contribution in [0.2, 0.25) is 0 Å². The summed E-state index contributed by atoms with van der Waals surface area (Å²) in [6.07, 6.45) is 10.6. The van der Waals surface area contributed by atoms with Gasteiger partial charge in [-0.1, -0.05) is 0 Å². The fraction of sp³-hybridized carbons (Fsp3) is 0.688. The third-order valence-electron chi connectivity index (χ3n) is 5.45. The third kappa shape index (κ3) is 2.09. The van der Waals surface area contributed by atoms with E-state index in [9.17, 15) is 5.11 Å². The van der Waals surface area contributed by atoms with Gasteiger partial charge < -0.3 is 10.4 Å². The van der Waals surface area contributed by atoms with Gasteiger partial charge in [-0.25, -0.2) is 0 Å². The lowest BCUT2D eigenvalue weighted by Crippen LogP contribution is -2.64. The fourth-order valence-corrected chi connectivity index (χ4v) is 5.21. The highest BCUT2D eigenvalue weighted by Gasteiger charge is 2.56. The van der Waals surface area contributed by atoms with Crippen LogP contribution in [0.15, 0.2) is 24.5 Å². The lowest BCUT2D eigenvalue weighted by Gasteiger charge is -2.60. The third-order valence-corrected chi connectivity index (χ3v) is 5.45. The van der Waals surface area contributed by atoms with Crippen molar-refractivity contribution < 1.29 is 5.11 Å². The van der Waals surface area contributed by atoms with E-state index in [-0.39, 0.29) is 11.1 Å². The molecule has 5 rings (SSSR count). The lowest BCUT2D eigenvalue weighted by atomic mass is 9.51. The van der Waals surface area contributed by atoms with Gasteiger partial charge in [0.15, 0.2) is 0 Å². The molecule has 1 aromatic rings. The summed E-state index contributed by atoms with van der Waals surface area (Å²) >= 11 is 0. The minimum absolute atomic E-state index is 0.197. The van der Waals surface area contributed by atoms with E-state index in [0.29, 0.717) is 0 Å². The number of pyridine rings is 1. The molecule has 4 aliphatic rings. The molecule has 4 aliphatic carbocycles. The van der Waals surface area contributed by atoms with Gasteiger partial charge in [-0.15, -0.1) is 0 Å². The fourth-order valence-electron chi connectivity index (χ4n) is 5.21. The molecule has 4 saturated carbocycles. The van der Waals surface area contributed by atoms with Crippen molar-refractivity contribution in [3.05, 3.63) is 30.1 Å². The van der Waals surface area contributed by atoms with E-state index < -0.39 is 0 Å². The maximum atomic E-state index is 10.7. The first-order valence-electron chi connectivity index (χ1n) is 7.51. The van der Waals surface area contributed by atoms with E-state index in [1.54, 1.807) is 0 Å². The number of hydrogen-bond donors (Lipinski definition) is 2. The number of hydrogen-bond acceptors (Lipinski definition) is 3. The van der Waals surface area contributed by atoms with Crippen LogP contribution >= 0.6 is 0 Å². The highest BCUT2D eigenvalue weighted by molar-refractivity contribution is 5.15. The molecule has 0 aliphatic heterocycles. The highest BCUT2D eigenvalue weighted by atomic mass is 16.3. The first-order valence-corrected chi connectivity index (χ1v) is 7.51. The van der Waals surface area contributed by atoms with Gasteiger partial charge in [0.25, 0.3) is 0 Å². The van der Waals surface area contributed by atoms with Crippen molar-refractivity contribution in [1.82, 2.24) is 10.3 Å². The standard InChI is InChI=1S/C16H22N2O/c19-16-8-13-5-14(9-16)7-15(6-13,11-16)18-10-12-1-3-17-4-2-12/h1-4,13-14,18-19H,5-11H2. The molecule has 19 heavy (non-hydrogen) atoms. The molecule has 0 aromatic carbocycles. The second kappa shape index (κ2) is 4.03. The number of aliphatic hydroxyl groups is 1. The zero-order valence-corrected chi connectivity index (χ0v) is 11.3. The van der Waals surface area contributed by atoms with E-state index in [1.807, 2.05) is 12.4 Å². The van der Waals surface area contributed by atoms with E-state index in [4.69, 9.17) is 0 Å². The topological polar surface area (TPSA) is 45.1 Å². The van der Waals surface area contributed by atoms with Gasteiger partial charge in [-0.2, -0.15) is 0 Å². The van der Waals surface area contributed by atoms with Gasteiger partial charge in [-0.3, -0.25) is 4.98 Å². The Balaban J connectivity index is 1.51. The van der Waals surface area contributed by atoms with Crippen LogP contribution < -0.4 is 5.32 Å². The van der Waals surface area contributed by atoms with Crippen molar-refractivity contribution in [2.75, 3.05) is 0 Å². The summed E-state index contributed by atoms with van der Waals surface area (Å²) < 4.78 is 0. The average molecular weight is 258 g/mol. The Labute approximate surface area is 114 Å². The zero-order valence-electron chi connectivity index (χ0n) is 11.3. The van der Waals surface area contributed by atoms with Crippen molar-refractivity contribution in [3.63, 3.8) is 0 Å². The molecule has 1 aromatic heterocycles. The summed E-state index contributed by atoms with van der Waals surface area (Å²) in [4.78, 5) is 4.06. The summed E-state index contributed by atoms with van der Waals surface area (Å²) in [6, 6.07) is 4.14. The van der Waals surface area contributed by atoms with Gasteiger partial charge in [0.05, 0.1) is 5.60 Å². The van der Waals surface area contributed by atoms with E-state index >= 15 is 0 Å². The van der Waals surface area contributed by atoms with Gasteiger partial charge in [-0.05, 0) is 68.1 Å². The maximum absolute atomic E-state index is 10.7. The molecule has 3 nitrogen and oxygen atoms in total. The molecular formula is C16H22N2O. The van der Waals surface area contributed by atoms with Gasteiger partial charge in [0.1, 0.15) is 0 Å². The Kier molecular flexibility index (Phi) is 2.52. The summed E-state index contributed by atoms with van der Waals surface area (Å²) in [5.41, 5.74) is 1.12. The molecule has 4 bridgehead atoms. The van der Waals surface area contributed by atoms with Crippen LogP contribution in [0, 0.1) is 11.8 Å². The SMILES string of the molecule is OC12CC3CC(C1)CC(NCc1ccncc1)(C3)C2. The second-order valence-corrected chi connectivity index (χ2v) is 7.17. The smallest absolute Gasteiger partial charge is 0.0670 e. The lowest BCUT2D eigenvalue weighted by molar-refractivity contribution is -0.142. The molecule has 3 heteroatoms. The maximum Gasteiger partial charge on any atom is 0.0670 e. The summed E-state index contributed by atoms with van der Waals surface area (Å²) in [5, 5.41) is 14.5. The molecule has 0 spiro atoms. The molecule has 0 radical (unpaired) electrons. The zero-order chi connectivity index (χ0) is 12.9. The molecule has 4 fully saturated rings. The summed E-state index contributed by atoms with van der Waals surface area (Å²) in [5.74, 6) is 1.49. The van der Waals surface area contributed by atoms with Gasteiger partial charge in [0, 0.05) is 24.5 Å². The minimum Gasteiger partial charge on any atom is -0.390 e. The highest BCUT2D eigenvalue weighted by Crippen LogP contribution is 2.57. The van der Waals surface area contributed by atoms with Gasteiger partial charge >= 0.3 is 0 Å². The van der Waals surface area contributed by atoms with Crippen molar-refractivity contribution in [1.29, 1.82) is 0 Å².